The van der Waals surface area contributed by atoms with Crippen LogP contribution in [0.15, 0.2) is 24.3 Å². The zero-order valence-corrected chi connectivity index (χ0v) is 13.2. The van der Waals surface area contributed by atoms with Crippen LogP contribution in [0.25, 0.3) is 0 Å². The summed E-state index contributed by atoms with van der Waals surface area (Å²) in [5.41, 5.74) is 4.90. The Morgan fingerprint density at radius 2 is 0.864 bits per heavy atom. The van der Waals surface area contributed by atoms with E-state index in [1.807, 2.05) is 52.0 Å². The number of hydrogen-bond donors (Lipinski definition) is 2. The molecule has 0 saturated heterocycles. The standard InChI is InChI=1S/C20H18O2/c1-13-9-17(10-14(2)19(13)21)7-5-6-8-18-11-15(3)20(22)16(4)12-18/h9-12,21-22H,1-4H3. The smallest absolute Gasteiger partial charge is 0.121 e. The van der Waals surface area contributed by atoms with E-state index in [4.69, 9.17) is 0 Å². The van der Waals surface area contributed by atoms with E-state index in [1.165, 1.54) is 0 Å². The number of phenols is 2. The van der Waals surface area contributed by atoms with E-state index in [1.54, 1.807) is 0 Å². The van der Waals surface area contributed by atoms with Crippen molar-refractivity contribution in [3.8, 4) is 35.2 Å². The SMILES string of the molecule is Cc1cc(C#CC#Cc2cc(C)c(O)c(C)c2)cc(C)c1O. The highest BCUT2D eigenvalue weighted by Gasteiger charge is 2.02. The Morgan fingerprint density at radius 1 is 0.591 bits per heavy atom. The molecule has 2 nitrogen and oxygen atoms in total. The van der Waals surface area contributed by atoms with Crippen molar-refractivity contribution in [2.45, 2.75) is 27.7 Å². The summed E-state index contributed by atoms with van der Waals surface area (Å²) in [6, 6.07) is 7.36. The average Bonchev–Trinajstić information content (AvgIpc) is 2.46. The topological polar surface area (TPSA) is 40.5 Å². The first kappa shape index (κ1) is 15.5. The Hall–Kier alpha value is -2.84. The van der Waals surface area contributed by atoms with E-state index >= 15 is 0 Å². The molecule has 0 heterocycles. The van der Waals surface area contributed by atoms with Gasteiger partial charge in [-0.2, -0.15) is 0 Å². The Balaban J connectivity index is 2.26. The predicted octanol–water partition coefficient (Wildman–Crippen LogP) is 3.73. The number of benzene rings is 2. The molecule has 2 rings (SSSR count). The van der Waals surface area contributed by atoms with Gasteiger partial charge in [0.15, 0.2) is 0 Å². The third-order valence-electron chi connectivity index (χ3n) is 3.46. The summed E-state index contributed by atoms with van der Waals surface area (Å²) in [5.74, 6) is 12.2. The lowest BCUT2D eigenvalue weighted by Gasteiger charge is -2.03. The predicted molar refractivity (Wildman–Crippen MR) is 88.9 cm³/mol. The van der Waals surface area contributed by atoms with E-state index in [-0.39, 0.29) is 0 Å². The number of aromatic hydroxyl groups is 2. The van der Waals surface area contributed by atoms with E-state index in [0.717, 1.165) is 33.4 Å². The highest BCUT2D eigenvalue weighted by atomic mass is 16.3. The van der Waals surface area contributed by atoms with Crippen LogP contribution < -0.4 is 0 Å². The van der Waals surface area contributed by atoms with Crippen LogP contribution in [0.5, 0.6) is 11.5 Å². The molecule has 0 aliphatic rings. The highest BCUT2D eigenvalue weighted by Crippen LogP contribution is 2.23. The molecular weight excluding hydrogens is 272 g/mol. The average molecular weight is 290 g/mol. The first-order chi connectivity index (χ1) is 10.4. The lowest BCUT2D eigenvalue weighted by Crippen LogP contribution is -1.84. The minimum Gasteiger partial charge on any atom is -0.507 e. The molecule has 0 aliphatic carbocycles. The number of aryl methyl sites for hydroxylation is 4. The molecule has 2 aromatic rings. The van der Waals surface area contributed by atoms with Crippen LogP contribution in [-0.2, 0) is 0 Å². The second-order valence-electron chi connectivity index (χ2n) is 5.42. The summed E-state index contributed by atoms with van der Waals surface area (Å²) < 4.78 is 0. The Labute approximate surface area is 131 Å². The summed E-state index contributed by atoms with van der Waals surface area (Å²) >= 11 is 0. The van der Waals surface area contributed by atoms with E-state index in [2.05, 4.69) is 23.7 Å². The van der Waals surface area contributed by atoms with E-state index < -0.39 is 0 Å². The molecule has 0 saturated carbocycles. The molecule has 110 valence electrons. The molecule has 0 atom stereocenters. The summed E-state index contributed by atoms with van der Waals surface area (Å²) in [6.45, 7) is 7.39. The molecule has 0 fully saturated rings. The molecule has 0 amide bonds. The summed E-state index contributed by atoms with van der Waals surface area (Å²) in [4.78, 5) is 0. The van der Waals surface area contributed by atoms with Crippen LogP contribution in [-0.4, -0.2) is 10.2 Å². The van der Waals surface area contributed by atoms with Crippen LogP contribution >= 0.6 is 0 Å². The van der Waals surface area contributed by atoms with Gasteiger partial charge >= 0.3 is 0 Å². The van der Waals surface area contributed by atoms with Gasteiger partial charge < -0.3 is 10.2 Å². The molecule has 22 heavy (non-hydrogen) atoms. The summed E-state index contributed by atoms with van der Waals surface area (Å²) in [7, 11) is 0. The second kappa shape index (κ2) is 6.29. The van der Waals surface area contributed by atoms with Gasteiger partial charge in [-0.25, -0.2) is 0 Å². The maximum Gasteiger partial charge on any atom is 0.121 e. The Kier molecular flexibility index (Phi) is 4.44. The normalized spacial score (nSPS) is 9.45. The number of hydrogen-bond acceptors (Lipinski definition) is 2. The zero-order chi connectivity index (χ0) is 16.3. The number of phenolic OH excluding ortho intramolecular Hbond substituents is 2. The van der Waals surface area contributed by atoms with Gasteiger partial charge in [0, 0.05) is 11.1 Å². The van der Waals surface area contributed by atoms with Gasteiger partial charge in [-0.05, 0) is 86.1 Å². The Bertz CT molecular complexity index is 733. The first-order valence-electron chi connectivity index (χ1n) is 7.01. The maximum atomic E-state index is 9.73. The minimum atomic E-state index is 0.312. The van der Waals surface area contributed by atoms with E-state index in [0.29, 0.717) is 11.5 Å². The largest absolute Gasteiger partial charge is 0.507 e. The van der Waals surface area contributed by atoms with Gasteiger partial charge in [0.05, 0.1) is 0 Å². The van der Waals surface area contributed by atoms with Crippen molar-refractivity contribution in [3.05, 3.63) is 57.6 Å². The Morgan fingerprint density at radius 3 is 1.14 bits per heavy atom. The second-order valence-corrected chi connectivity index (χ2v) is 5.42. The van der Waals surface area contributed by atoms with Gasteiger partial charge in [0.2, 0.25) is 0 Å². The van der Waals surface area contributed by atoms with Gasteiger partial charge in [-0.1, -0.05) is 11.8 Å². The fraction of sp³-hybridized carbons (Fsp3) is 0.200. The maximum absolute atomic E-state index is 9.73. The van der Waals surface area contributed by atoms with Crippen molar-refractivity contribution in [2.75, 3.05) is 0 Å². The molecule has 2 aromatic carbocycles. The van der Waals surface area contributed by atoms with Crippen LogP contribution in [0.2, 0.25) is 0 Å². The van der Waals surface area contributed by atoms with Crippen LogP contribution in [0.3, 0.4) is 0 Å². The monoisotopic (exact) mass is 290 g/mol. The number of rotatable bonds is 0. The van der Waals surface area contributed by atoms with Crippen molar-refractivity contribution < 1.29 is 10.2 Å². The summed E-state index contributed by atoms with van der Waals surface area (Å²) in [5, 5.41) is 19.5. The van der Waals surface area contributed by atoms with Crippen molar-refractivity contribution >= 4 is 0 Å². The molecule has 0 aliphatic heterocycles. The summed E-state index contributed by atoms with van der Waals surface area (Å²) in [6.07, 6.45) is 0. The van der Waals surface area contributed by atoms with Crippen molar-refractivity contribution in [2.24, 2.45) is 0 Å². The van der Waals surface area contributed by atoms with Crippen molar-refractivity contribution in [3.63, 3.8) is 0 Å². The zero-order valence-electron chi connectivity index (χ0n) is 13.2. The van der Waals surface area contributed by atoms with Crippen LogP contribution in [0.4, 0.5) is 0 Å². The van der Waals surface area contributed by atoms with Gasteiger partial charge in [-0.3, -0.25) is 0 Å². The molecule has 0 bridgehead atoms. The molecule has 0 unspecified atom stereocenters. The molecule has 0 radical (unpaired) electrons. The fourth-order valence-electron chi connectivity index (χ4n) is 2.26. The van der Waals surface area contributed by atoms with Crippen molar-refractivity contribution in [1.82, 2.24) is 0 Å². The quantitative estimate of drug-likeness (QED) is 0.726. The molecule has 0 spiro atoms. The third-order valence-corrected chi connectivity index (χ3v) is 3.46. The fourth-order valence-corrected chi connectivity index (χ4v) is 2.26. The van der Waals surface area contributed by atoms with Crippen LogP contribution in [0.1, 0.15) is 33.4 Å². The van der Waals surface area contributed by atoms with Gasteiger partial charge in [0.25, 0.3) is 0 Å². The molecule has 2 heteroatoms. The first-order valence-corrected chi connectivity index (χ1v) is 7.01. The lowest BCUT2D eigenvalue weighted by atomic mass is 10.1. The van der Waals surface area contributed by atoms with Gasteiger partial charge in [0.1, 0.15) is 11.5 Å². The van der Waals surface area contributed by atoms with E-state index in [9.17, 15) is 10.2 Å². The van der Waals surface area contributed by atoms with Crippen molar-refractivity contribution in [1.29, 1.82) is 0 Å². The molecule has 2 N–H and O–H groups in total. The van der Waals surface area contributed by atoms with Gasteiger partial charge in [-0.15, -0.1) is 0 Å². The molecular formula is C20H18O2. The van der Waals surface area contributed by atoms with Crippen LogP contribution in [0, 0.1) is 51.4 Å². The molecule has 0 aromatic heterocycles. The highest BCUT2D eigenvalue weighted by molar-refractivity contribution is 5.52. The third kappa shape index (κ3) is 3.43. The minimum absolute atomic E-state index is 0.312. The lowest BCUT2D eigenvalue weighted by molar-refractivity contribution is 0.466.